The summed E-state index contributed by atoms with van der Waals surface area (Å²) in [6, 6.07) is 2.78. The van der Waals surface area contributed by atoms with E-state index in [0.29, 0.717) is 18.8 Å². The van der Waals surface area contributed by atoms with E-state index in [4.69, 9.17) is 5.11 Å². The van der Waals surface area contributed by atoms with Crippen LogP contribution in [0.1, 0.15) is 25.7 Å². The van der Waals surface area contributed by atoms with Crippen molar-refractivity contribution in [3.8, 4) is 0 Å². The molecule has 2 saturated carbocycles. The van der Waals surface area contributed by atoms with Crippen molar-refractivity contribution in [3.05, 3.63) is 29.8 Å². The maximum absolute atomic E-state index is 13.1. The van der Waals surface area contributed by atoms with Crippen LogP contribution in [-0.2, 0) is 4.79 Å². The largest absolute Gasteiger partial charge is 0.480 e. The lowest BCUT2D eigenvalue weighted by atomic mass is 9.85. The van der Waals surface area contributed by atoms with Gasteiger partial charge in [-0.1, -0.05) is 0 Å². The third-order valence-corrected chi connectivity index (χ3v) is 4.67. The number of benzene rings is 1. The number of nitrogens with one attached hydrogen (secondary N) is 2. The minimum Gasteiger partial charge on any atom is -0.480 e. The molecule has 2 fully saturated rings. The van der Waals surface area contributed by atoms with Crippen LogP contribution >= 0.6 is 0 Å². The molecule has 0 aliphatic heterocycles. The van der Waals surface area contributed by atoms with Gasteiger partial charge in [-0.05, 0) is 43.7 Å². The molecular weight excluding hydrogens is 332 g/mol. The van der Waals surface area contributed by atoms with Crippen molar-refractivity contribution in [2.75, 3.05) is 18.4 Å². The molecule has 0 aromatic heterocycles. The molecule has 3 rings (SSSR count). The third kappa shape index (κ3) is 4.88. The van der Waals surface area contributed by atoms with Crippen molar-refractivity contribution in [3.63, 3.8) is 0 Å². The van der Waals surface area contributed by atoms with Crippen LogP contribution in [0.25, 0.3) is 0 Å². The summed E-state index contributed by atoms with van der Waals surface area (Å²) >= 11 is 0. The summed E-state index contributed by atoms with van der Waals surface area (Å²) < 4.78 is 26.0. The van der Waals surface area contributed by atoms with Crippen molar-refractivity contribution in [1.29, 1.82) is 0 Å². The van der Waals surface area contributed by atoms with Gasteiger partial charge < -0.3 is 15.7 Å². The standard InChI is InChI=1S/C17H21F2N3O3/c18-14-4-3-11(7-15(14)19)20-17(25)21-12-5-13(6-12)22(9-16(23)24)8-10-1-2-10/h3-4,7,10,12-13H,1-2,5-6,8-9H2,(H,23,24)(H2,20,21,25). The van der Waals surface area contributed by atoms with E-state index < -0.39 is 23.6 Å². The summed E-state index contributed by atoms with van der Waals surface area (Å²) in [5.41, 5.74) is 0.175. The van der Waals surface area contributed by atoms with Crippen LogP contribution in [0.15, 0.2) is 18.2 Å². The normalized spacial score (nSPS) is 22.4. The maximum atomic E-state index is 13.1. The molecule has 0 unspecified atom stereocenters. The average molecular weight is 353 g/mol. The quantitative estimate of drug-likeness (QED) is 0.703. The van der Waals surface area contributed by atoms with E-state index in [9.17, 15) is 18.4 Å². The Hall–Kier alpha value is -2.22. The Morgan fingerprint density at radius 1 is 1.20 bits per heavy atom. The number of carboxylic acid groups (broad SMARTS) is 1. The first-order valence-electron chi connectivity index (χ1n) is 8.39. The van der Waals surface area contributed by atoms with Crippen molar-refractivity contribution in [2.45, 2.75) is 37.8 Å². The number of nitrogens with zero attached hydrogens (tertiary/aromatic N) is 1. The van der Waals surface area contributed by atoms with Crippen LogP contribution < -0.4 is 10.6 Å². The van der Waals surface area contributed by atoms with Crippen molar-refractivity contribution in [1.82, 2.24) is 10.2 Å². The number of hydrogen-bond donors (Lipinski definition) is 3. The molecule has 1 aromatic rings. The summed E-state index contributed by atoms with van der Waals surface area (Å²) in [7, 11) is 0. The first-order chi connectivity index (χ1) is 11.9. The monoisotopic (exact) mass is 353 g/mol. The summed E-state index contributed by atoms with van der Waals surface area (Å²) in [6.45, 7) is 0.819. The fourth-order valence-electron chi connectivity index (χ4n) is 3.08. The molecule has 8 heteroatoms. The van der Waals surface area contributed by atoms with E-state index in [2.05, 4.69) is 10.6 Å². The number of urea groups is 1. The van der Waals surface area contributed by atoms with Gasteiger partial charge in [0.05, 0.1) is 6.54 Å². The SMILES string of the molecule is O=C(O)CN(CC1CC1)C1CC(NC(=O)Nc2ccc(F)c(F)c2)C1. The number of carbonyl (C=O) groups is 2. The fourth-order valence-corrected chi connectivity index (χ4v) is 3.08. The molecule has 3 N–H and O–H groups in total. The molecular formula is C17H21F2N3O3. The van der Waals surface area contributed by atoms with Crippen LogP contribution in [0.5, 0.6) is 0 Å². The molecule has 0 spiro atoms. The lowest BCUT2D eigenvalue weighted by molar-refractivity contribution is -0.139. The lowest BCUT2D eigenvalue weighted by Crippen LogP contribution is -2.55. The van der Waals surface area contributed by atoms with Crippen LogP contribution in [0.3, 0.4) is 0 Å². The molecule has 2 aliphatic carbocycles. The minimum absolute atomic E-state index is 0.0228. The van der Waals surface area contributed by atoms with E-state index in [1.807, 2.05) is 4.90 Å². The highest BCUT2D eigenvalue weighted by molar-refractivity contribution is 5.89. The molecule has 25 heavy (non-hydrogen) atoms. The van der Waals surface area contributed by atoms with Crippen LogP contribution in [-0.4, -0.2) is 47.2 Å². The van der Waals surface area contributed by atoms with Gasteiger partial charge in [0.25, 0.3) is 0 Å². The highest BCUT2D eigenvalue weighted by Gasteiger charge is 2.37. The zero-order valence-corrected chi connectivity index (χ0v) is 13.7. The van der Waals surface area contributed by atoms with Crippen molar-refractivity contribution < 1.29 is 23.5 Å². The first kappa shape index (κ1) is 17.6. The molecule has 1 aromatic carbocycles. The molecule has 136 valence electrons. The second-order valence-electron chi connectivity index (χ2n) is 6.82. The maximum Gasteiger partial charge on any atom is 0.319 e. The summed E-state index contributed by atoms with van der Waals surface area (Å²) in [6.07, 6.45) is 3.68. The number of hydrogen-bond acceptors (Lipinski definition) is 3. The zero-order chi connectivity index (χ0) is 18.0. The van der Waals surface area contributed by atoms with E-state index in [1.165, 1.54) is 6.07 Å². The minimum atomic E-state index is -1.02. The van der Waals surface area contributed by atoms with Crippen molar-refractivity contribution >= 4 is 17.7 Å². The number of halogens is 2. The highest BCUT2D eigenvalue weighted by atomic mass is 19.2. The molecule has 6 nitrogen and oxygen atoms in total. The molecule has 2 amide bonds. The van der Waals surface area contributed by atoms with E-state index in [1.54, 1.807) is 0 Å². The van der Waals surface area contributed by atoms with Gasteiger partial charge in [-0.3, -0.25) is 9.69 Å². The van der Waals surface area contributed by atoms with E-state index in [0.717, 1.165) is 31.5 Å². The van der Waals surface area contributed by atoms with E-state index in [-0.39, 0.29) is 24.3 Å². The predicted octanol–water partition coefficient (Wildman–Crippen LogP) is 2.41. The van der Waals surface area contributed by atoms with Gasteiger partial charge >= 0.3 is 12.0 Å². The molecule has 0 radical (unpaired) electrons. The summed E-state index contributed by atoms with van der Waals surface area (Å²) in [5.74, 6) is -2.23. The summed E-state index contributed by atoms with van der Waals surface area (Å²) in [5, 5.41) is 14.3. The van der Waals surface area contributed by atoms with Gasteiger partial charge in [-0.25, -0.2) is 13.6 Å². The number of carbonyl (C=O) groups excluding carboxylic acids is 1. The molecule has 2 aliphatic rings. The second kappa shape index (κ2) is 7.35. The summed E-state index contributed by atoms with van der Waals surface area (Å²) in [4.78, 5) is 24.9. The Morgan fingerprint density at radius 2 is 1.92 bits per heavy atom. The van der Waals surface area contributed by atoms with Gasteiger partial charge in [0.1, 0.15) is 0 Å². The van der Waals surface area contributed by atoms with Crippen LogP contribution in [0.2, 0.25) is 0 Å². The van der Waals surface area contributed by atoms with E-state index >= 15 is 0 Å². The van der Waals surface area contributed by atoms with Gasteiger partial charge in [0.15, 0.2) is 11.6 Å². The van der Waals surface area contributed by atoms with Crippen LogP contribution in [0.4, 0.5) is 19.3 Å². The predicted molar refractivity (Wildman–Crippen MR) is 87.3 cm³/mol. The lowest BCUT2D eigenvalue weighted by Gasteiger charge is -2.42. The number of aliphatic carboxylic acids is 1. The van der Waals surface area contributed by atoms with Crippen LogP contribution in [0, 0.1) is 17.6 Å². The zero-order valence-electron chi connectivity index (χ0n) is 13.7. The average Bonchev–Trinajstić information content (AvgIpc) is 3.29. The molecule has 0 bridgehead atoms. The Kier molecular flexibility index (Phi) is 5.17. The number of amides is 2. The molecule has 0 heterocycles. The highest BCUT2D eigenvalue weighted by Crippen LogP contribution is 2.33. The Balaban J connectivity index is 1.44. The molecule has 0 saturated heterocycles. The second-order valence-corrected chi connectivity index (χ2v) is 6.82. The Labute approximate surface area is 144 Å². The fraction of sp³-hybridized carbons (Fsp3) is 0.529. The number of carboxylic acids is 1. The molecule has 0 atom stereocenters. The smallest absolute Gasteiger partial charge is 0.319 e. The van der Waals surface area contributed by atoms with Gasteiger partial charge in [-0.2, -0.15) is 0 Å². The topological polar surface area (TPSA) is 81.7 Å². The van der Waals surface area contributed by atoms with Gasteiger partial charge in [0, 0.05) is 30.4 Å². The number of anilines is 1. The number of rotatable bonds is 7. The van der Waals surface area contributed by atoms with Gasteiger partial charge in [0.2, 0.25) is 0 Å². The Bertz CT molecular complexity index is 661. The van der Waals surface area contributed by atoms with Crippen molar-refractivity contribution in [2.24, 2.45) is 5.92 Å². The Morgan fingerprint density at radius 3 is 2.52 bits per heavy atom. The van der Waals surface area contributed by atoms with Gasteiger partial charge in [-0.15, -0.1) is 0 Å². The third-order valence-electron chi connectivity index (χ3n) is 4.67. The first-order valence-corrected chi connectivity index (χ1v) is 8.39.